The summed E-state index contributed by atoms with van der Waals surface area (Å²) in [5, 5.41) is 2.64. The summed E-state index contributed by atoms with van der Waals surface area (Å²) in [5.74, 6) is -1.56. The van der Waals surface area contributed by atoms with Crippen LogP contribution in [0.25, 0.3) is 0 Å². The van der Waals surface area contributed by atoms with Gasteiger partial charge in [-0.15, -0.1) is 11.6 Å². The fourth-order valence-electron chi connectivity index (χ4n) is 1.25. The van der Waals surface area contributed by atoms with E-state index in [2.05, 4.69) is 5.32 Å². The first-order valence-electron chi connectivity index (χ1n) is 5.27. The molecule has 1 N–H and O–H groups in total. The second-order valence-electron chi connectivity index (χ2n) is 4.05. The second-order valence-corrected chi connectivity index (χ2v) is 4.36. The van der Waals surface area contributed by atoms with E-state index in [0.29, 0.717) is 5.88 Å². The molecule has 0 aliphatic rings. The van der Waals surface area contributed by atoms with Gasteiger partial charge in [-0.3, -0.25) is 4.79 Å². The molecule has 0 radical (unpaired) electrons. The average Bonchev–Trinajstić information content (AvgIpc) is 2.26. The molecular formula is C12H14ClF2NO. The molecule has 5 heteroatoms. The van der Waals surface area contributed by atoms with Crippen molar-refractivity contribution in [3.8, 4) is 0 Å². The first-order chi connectivity index (χ1) is 7.93. The summed E-state index contributed by atoms with van der Waals surface area (Å²) in [6, 6.07) is 2.56. The van der Waals surface area contributed by atoms with Gasteiger partial charge in [0.25, 0.3) is 5.91 Å². The van der Waals surface area contributed by atoms with Gasteiger partial charge < -0.3 is 5.32 Å². The molecule has 0 aliphatic carbocycles. The van der Waals surface area contributed by atoms with E-state index in [1.54, 1.807) is 6.92 Å². The first-order valence-corrected chi connectivity index (χ1v) is 5.80. The highest BCUT2D eigenvalue weighted by Crippen LogP contribution is 2.10. The van der Waals surface area contributed by atoms with Crippen molar-refractivity contribution in [3.63, 3.8) is 0 Å². The molecule has 0 bridgehead atoms. The minimum atomic E-state index is -0.770. The highest BCUT2D eigenvalue weighted by molar-refractivity contribution is 6.18. The number of hydrogen-bond acceptors (Lipinski definition) is 1. The molecule has 17 heavy (non-hydrogen) atoms. The highest BCUT2D eigenvalue weighted by atomic mass is 35.5. The molecule has 0 saturated carbocycles. The molecule has 0 aromatic heterocycles. The van der Waals surface area contributed by atoms with Crippen molar-refractivity contribution < 1.29 is 13.6 Å². The number of carbonyl (C=O) groups is 1. The number of rotatable bonds is 4. The van der Waals surface area contributed by atoms with E-state index < -0.39 is 17.5 Å². The fraction of sp³-hybridized carbons (Fsp3) is 0.417. The molecule has 2 nitrogen and oxygen atoms in total. The van der Waals surface area contributed by atoms with Crippen LogP contribution in [0.15, 0.2) is 18.2 Å². The van der Waals surface area contributed by atoms with E-state index in [-0.39, 0.29) is 17.5 Å². The van der Waals surface area contributed by atoms with E-state index in [1.807, 2.05) is 6.92 Å². The molecule has 1 rings (SSSR count). The summed E-state index contributed by atoms with van der Waals surface area (Å²) in [4.78, 5) is 11.7. The van der Waals surface area contributed by atoms with Crippen molar-refractivity contribution in [1.82, 2.24) is 5.32 Å². The molecular weight excluding hydrogens is 248 g/mol. The van der Waals surface area contributed by atoms with Crippen LogP contribution in [0.2, 0.25) is 0 Å². The Balaban J connectivity index is 2.76. The van der Waals surface area contributed by atoms with Crippen molar-refractivity contribution in [2.45, 2.75) is 19.9 Å². The quantitative estimate of drug-likeness (QED) is 0.830. The maximum Gasteiger partial charge on any atom is 0.251 e. The lowest BCUT2D eigenvalue weighted by atomic mass is 10.1. The average molecular weight is 262 g/mol. The standard InChI is InChI=1S/C12H14ClF2NO/c1-7(6-13)8(2)16-12(17)9-3-10(14)5-11(15)4-9/h3-5,7-8H,6H2,1-2H3,(H,16,17). The van der Waals surface area contributed by atoms with Crippen LogP contribution in [-0.2, 0) is 0 Å². The third kappa shape index (κ3) is 3.97. The SMILES string of the molecule is CC(CCl)C(C)NC(=O)c1cc(F)cc(F)c1. The van der Waals surface area contributed by atoms with Gasteiger partial charge in [-0.25, -0.2) is 8.78 Å². The number of halogens is 3. The molecule has 0 spiro atoms. The van der Waals surface area contributed by atoms with Gasteiger partial charge in [-0.05, 0) is 25.0 Å². The molecule has 0 aliphatic heterocycles. The number of amides is 1. The summed E-state index contributed by atoms with van der Waals surface area (Å²) in [5.41, 5.74) is -0.0314. The maximum atomic E-state index is 12.9. The molecule has 0 fully saturated rings. The Morgan fingerprint density at radius 2 is 1.82 bits per heavy atom. The van der Waals surface area contributed by atoms with E-state index in [0.717, 1.165) is 18.2 Å². The van der Waals surface area contributed by atoms with Gasteiger partial charge in [0, 0.05) is 23.6 Å². The summed E-state index contributed by atoms with van der Waals surface area (Å²) in [6.45, 7) is 3.67. The largest absolute Gasteiger partial charge is 0.349 e. The van der Waals surface area contributed by atoms with E-state index in [9.17, 15) is 13.6 Å². The Kier molecular flexibility index (Phi) is 4.87. The van der Waals surface area contributed by atoms with Crippen LogP contribution >= 0.6 is 11.6 Å². The van der Waals surface area contributed by atoms with Crippen LogP contribution in [0.1, 0.15) is 24.2 Å². The monoisotopic (exact) mass is 261 g/mol. The van der Waals surface area contributed by atoms with E-state index in [1.165, 1.54) is 0 Å². The molecule has 2 unspecified atom stereocenters. The number of carbonyl (C=O) groups excluding carboxylic acids is 1. The summed E-state index contributed by atoms with van der Waals surface area (Å²) in [7, 11) is 0. The van der Waals surface area contributed by atoms with Crippen molar-refractivity contribution in [1.29, 1.82) is 0 Å². The smallest absolute Gasteiger partial charge is 0.251 e. The summed E-state index contributed by atoms with van der Waals surface area (Å²) < 4.78 is 25.8. The van der Waals surface area contributed by atoms with Crippen LogP contribution in [-0.4, -0.2) is 17.8 Å². The minimum absolute atomic E-state index is 0.0314. The van der Waals surface area contributed by atoms with Gasteiger partial charge in [0.2, 0.25) is 0 Å². The Morgan fingerprint density at radius 3 is 2.29 bits per heavy atom. The van der Waals surface area contributed by atoms with Gasteiger partial charge >= 0.3 is 0 Å². The first kappa shape index (κ1) is 13.9. The Morgan fingerprint density at radius 1 is 1.29 bits per heavy atom. The Bertz CT molecular complexity index is 391. The maximum absolute atomic E-state index is 12.9. The fourth-order valence-corrected chi connectivity index (χ4v) is 1.52. The third-order valence-corrected chi connectivity index (χ3v) is 3.07. The van der Waals surface area contributed by atoms with E-state index in [4.69, 9.17) is 11.6 Å². The third-order valence-electron chi connectivity index (χ3n) is 2.58. The van der Waals surface area contributed by atoms with Gasteiger partial charge in [0.1, 0.15) is 11.6 Å². The van der Waals surface area contributed by atoms with Gasteiger partial charge in [0.05, 0.1) is 0 Å². The second kappa shape index (κ2) is 5.96. The van der Waals surface area contributed by atoms with Crippen LogP contribution in [0.4, 0.5) is 8.78 Å². The molecule has 0 saturated heterocycles. The minimum Gasteiger partial charge on any atom is -0.349 e. The van der Waals surface area contributed by atoms with Gasteiger partial charge in [0.15, 0.2) is 0 Å². The molecule has 1 aromatic carbocycles. The number of benzene rings is 1. The van der Waals surface area contributed by atoms with Crippen LogP contribution in [0.5, 0.6) is 0 Å². The lowest BCUT2D eigenvalue weighted by Crippen LogP contribution is -2.37. The van der Waals surface area contributed by atoms with Gasteiger partial charge in [-0.1, -0.05) is 6.92 Å². The highest BCUT2D eigenvalue weighted by Gasteiger charge is 2.16. The lowest BCUT2D eigenvalue weighted by Gasteiger charge is -2.19. The number of hydrogen-bond donors (Lipinski definition) is 1. The zero-order valence-electron chi connectivity index (χ0n) is 9.64. The van der Waals surface area contributed by atoms with Crippen LogP contribution in [0, 0.1) is 17.6 Å². The molecule has 2 atom stereocenters. The lowest BCUT2D eigenvalue weighted by molar-refractivity contribution is 0.0930. The zero-order valence-corrected chi connectivity index (χ0v) is 10.4. The van der Waals surface area contributed by atoms with Crippen LogP contribution in [0.3, 0.4) is 0 Å². The van der Waals surface area contributed by atoms with Crippen molar-refractivity contribution in [2.75, 3.05) is 5.88 Å². The molecule has 1 amide bonds. The molecule has 1 aromatic rings. The predicted molar refractivity (Wildman–Crippen MR) is 63.2 cm³/mol. The number of nitrogens with one attached hydrogen (secondary N) is 1. The summed E-state index contributed by atoms with van der Waals surface area (Å²) >= 11 is 5.66. The number of alkyl halides is 1. The Labute approximate surface area is 104 Å². The van der Waals surface area contributed by atoms with Crippen molar-refractivity contribution in [3.05, 3.63) is 35.4 Å². The summed E-state index contributed by atoms with van der Waals surface area (Å²) in [6.07, 6.45) is 0. The van der Waals surface area contributed by atoms with Crippen molar-refractivity contribution >= 4 is 17.5 Å². The zero-order chi connectivity index (χ0) is 13.0. The van der Waals surface area contributed by atoms with Crippen molar-refractivity contribution in [2.24, 2.45) is 5.92 Å². The molecule has 94 valence electrons. The Hall–Kier alpha value is -1.16. The van der Waals surface area contributed by atoms with Gasteiger partial charge in [-0.2, -0.15) is 0 Å². The predicted octanol–water partition coefficient (Wildman–Crippen LogP) is 2.96. The van der Waals surface area contributed by atoms with E-state index >= 15 is 0 Å². The topological polar surface area (TPSA) is 29.1 Å². The van der Waals surface area contributed by atoms with Crippen LogP contribution < -0.4 is 5.32 Å². The molecule has 0 heterocycles. The normalized spacial score (nSPS) is 14.2.